The van der Waals surface area contributed by atoms with Crippen LogP contribution in [-0.2, 0) is 0 Å². The van der Waals surface area contributed by atoms with Crippen LogP contribution in [0.2, 0.25) is 5.15 Å². The highest BCUT2D eigenvalue weighted by Gasteiger charge is 2.23. The molecular formula is C16H23ClN2O. The molecule has 0 bridgehead atoms. The summed E-state index contributed by atoms with van der Waals surface area (Å²) in [5.74, 6) is 1.54. The molecule has 1 heterocycles. The zero-order valence-electron chi connectivity index (χ0n) is 12.4. The van der Waals surface area contributed by atoms with Gasteiger partial charge in [-0.2, -0.15) is 0 Å². The van der Waals surface area contributed by atoms with E-state index in [1.807, 2.05) is 19.9 Å². The van der Waals surface area contributed by atoms with Gasteiger partial charge in [0.1, 0.15) is 5.15 Å². The van der Waals surface area contributed by atoms with Crippen LogP contribution in [0, 0.1) is 11.8 Å². The van der Waals surface area contributed by atoms with Gasteiger partial charge in [0.2, 0.25) is 0 Å². The average molecular weight is 295 g/mol. The first kappa shape index (κ1) is 15.3. The van der Waals surface area contributed by atoms with Gasteiger partial charge in [-0.3, -0.25) is 4.79 Å². The van der Waals surface area contributed by atoms with Crippen molar-refractivity contribution in [1.82, 2.24) is 10.3 Å². The Balaban J connectivity index is 2.01. The predicted molar refractivity (Wildman–Crippen MR) is 82.2 cm³/mol. The number of carbonyl (C=O) groups is 1. The molecule has 3 nitrogen and oxygen atoms in total. The fourth-order valence-corrected chi connectivity index (χ4v) is 3.01. The number of hydrogen-bond donors (Lipinski definition) is 1. The van der Waals surface area contributed by atoms with Crippen LogP contribution in [-0.4, -0.2) is 17.4 Å². The quantitative estimate of drug-likeness (QED) is 0.852. The van der Waals surface area contributed by atoms with Crippen molar-refractivity contribution in [3.8, 4) is 0 Å². The van der Waals surface area contributed by atoms with Crippen LogP contribution in [0.5, 0.6) is 0 Å². The molecule has 20 heavy (non-hydrogen) atoms. The minimum Gasteiger partial charge on any atom is -0.352 e. The fourth-order valence-electron chi connectivity index (χ4n) is 2.80. The first-order valence-corrected chi connectivity index (χ1v) is 7.81. The second kappa shape index (κ2) is 6.57. The minimum absolute atomic E-state index is 0.0460. The van der Waals surface area contributed by atoms with E-state index >= 15 is 0 Å². The first-order valence-electron chi connectivity index (χ1n) is 7.43. The maximum Gasteiger partial charge on any atom is 0.251 e. The number of nitrogens with one attached hydrogen (secondary N) is 1. The van der Waals surface area contributed by atoms with Crippen molar-refractivity contribution >= 4 is 17.5 Å². The third kappa shape index (κ3) is 3.72. The molecule has 1 fully saturated rings. The number of nitrogens with zero attached hydrogens (tertiary/aromatic N) is 1. The van der Waals surface area contributed by atoms with Gasteiger partial charge < -0.3 is 5.32 Å². The number of hydrogen-bond acceptors (Lipinski definition) is 2. The number of halogens is 1. The molecule has 1 aliphatic carbocycles. The van der Waals surface area contributed by atoms with Crippen LogP contribution >= 0.6 is 11.6 Å². The molecule has 1 saturated carbocycles. The highest BCUT2D eigenvalue weighted by Crippen LogP contribution is 2.30. The molecule has 1 aromatic rings. The number of pyridine rings is 1. The predicted octanol–water partition coefficient (Wildman–Crippen LogP) is 4.02. The molecular weight excluding hydrogens is 272 g/mol. The topological polar surface area (TPSA) is 42.0 Å². The van der Waals surface area contributed by atoms with E-state index in [4.69, 9.17) is 11.6 Å². The van der Waals surface area contributed by atoms with Gasteiger partial charge in [-0.1, -0.05) is 45.2 Å². The third-order valence-corrected chi connectivity index (χ3v) is 4.43. The van der Waals surface area contributed by atoms with Crippen molar-refractivity contribution in [2.24, 2.45) is 11.8 Å². The molecule has 0 saturated heterocycles. The summed E-state index contributed by atoms with van der Waals surface area (Å²) in [7, 11) is 0. The lowest BCUT2D eigenvalue weighted by Gasteiger charge is -2.16. The number of rotatable bonds is 4. The Morgan fingerprint density at radius 1 is 1.45 bits per heavy atom. The molecule has 1 amide bonds. The highest BCUT2D eigenvalue weighted by atomic mass is 35.5. The molecule has 2 atom stereocenters. The van der Waals surface area contributed by atoms with E-state index in [2.05, 4.69) is 17.2 Å². The molecule has 2 unspecified atom stereocenters. The number of aromatic nitrogens is 1. The summed E-state index contributed by atoms with van der Waals surface area (Å²) in [6.45, 7) is 7.11. The number of amides is 1. The van der Waals surface area contributed by atoms with E-state index in [1.165, 1.54) is 19.3 Å². The molecule has 1 aromatic heterocycles. The summed E-state index contributed by atoms with van der Waals surface area (Å²) in [6, 6.07) is 3.48. The van der Waals surface area contributed by atoms with Crippen LogP contribution in [0.1, 0.15) is 62.0 Å². The third-order valence-electron chi connectivity index (χ3n) is 4.23. The van der Waals surface area contributed by atoms with Crippen LogP contribution in [0.15, 0.2) is 12.1 Å². The van der Waals surface area contributed by atoms with Gasteiger partial charge in [-0.25, -0.2) is 4.98 Å². The van der Waals surface area contributed by atoms with E-state index in [1.54, 1.807) is 6.07 Å². The Bertz CT molecular complexity index is 487. The van der Waals surface area contributed by atoms with E-state index < -0.39 is 0 Å². The molecule has 2 rings (SSSR count). The largest absolute Gasteiger partial charge is 0.352 e. The zero-order chi connectivity index (χ0) is 14.7. The minimum atomic E-state index is -0.0460. The van der Waals surface area contributed by atoms with Crippen LogP contribution in [0.4, 0.5) is 0 Å². The SMILES string of the molecule is CC(C)c1cc(C(=O)NCC2CCCC2C)cc(Cl)n1. The van der Waals surface area contributed by atoms with Gasteiger partial charge in [0.25, 0.3) is 5.91 Å². The maximum absolute atomic E-state index is 12.2. The van der Waals surface area contributed by atoms with Crippen molar-refractivity contribution in [3.63, 3.8) is 0 Å². The van der Waals surface area contributed by atoms with Gasteiger partial charge >= 0.3 is 0 Å². The first-order chi connectivity index (χ1) is 9.47. The highest BCUT2D eigenvalue weighted by molar-refractivity contribution is 6.29. The Morgan fingerprint density at radius 3 is 2.80 bits per heavy atom. The van der Waals surface area contributed by atoms with Gasteiger partial charge in [0, 0.05) is 17.8 Å². The normalized spacial score (nSPS) is 22.2. The van der Waals surface area contributed by atoms with E-state index in [0.29, 0.717) is 22.6 Å². The van der Waals surface area contributed by atoms with Crippen molar-refractivity contribution in [2.45, 2.75) is 46.0 Å². The monoisotopic (exact) mass is 294 g/mol. The van der Waals surface area contributed by atoms with Gasteiger partial charge in [-0.05, 0) is 36.3 Å². The lowest BCUT2D eigenvalue weighted by Crippen LogP contribution is -2.30. The van der Waals surface area contributed by atoms with Crippen LogP contribution in [0.25, 0.3) is 0 Å². The summed E-state index contributed by atoms with van der Waals surface area (Å²) in [5, 5.41) is 3.42. The zero-order valence-corrected chi connectivity index (χ0v) is 13.2. The molecule has 0 spiro atoms. The summed E-state index contributed by atoms with van der Waals surface area (Å²) in [6.07, 6.45) is 3.77. The maximum atomic E-state index is 12.2. The molecule has 0 aromatic carbocycles. The van der Waals surface area contributed by atoms with Crippen molar-refractivity contribution in [2.75, 3.05) is 6.54 Å². The molecule has 4 heteroatoms. The smallest absolute Gasteiger partial charge is 0.251 e. The lowest BCUT2D eigenvalue weighted by molar-refractivity contribution is 0.0944. The summed E-state index contributed by atoms with van der Waals surface area (Å²) < 4.78 is 0. The van der Waals surface area contributed by atoms with Crippen LogP contribution < -0.4 is 5.32 Å². The summed E-state index contributed by atoms with van der Waals surface area (Å²) in [4.78, 5) is 16.5. The van der Waals surface area contributed by atoms with Crippen LogP contribution in [0.3, 0.4) is 0 Å². The van der Waals surface area contributed by atoms with Crippen molar-refractivity contribution < 1.29 is 4.79 Å². The average Bonchev–Trinajstić information content (AvgIpc) is 2.80. The molecule has 1 aliphatic rings. The molecule has 0 radical (unpaired) electrons. The van der Waals surface area contributed by atoms with Crippen molar-refractivity contribution in [3.05, 3.63) is 28.5 Å². The van der Waals surface area contributed by atoms with E-state index in [-0.39, 0.29) is 11.8 Å². The number of carbonyl (C=O) groups excluding carboxylic acids is 1. The lowest BCUT2D eigenvalue weighted by atomic mass is 9.98. The Kier molecular flexibility index (Phi) is 5.03. The second-order valence-corrected chi connectivity index (χ2v) is 6.52. The van der Waals surface area contributed by atoms with Gasteiger partial charge in [0.15, 0.2) is 0 Å². The van der Waals surface area contributed by atoms with Crippen molar-refractivity contribution in [1.29, 1.82) is 0 Å². The molecule has 1 N–H and O–H groups in total. The second-order valence-electron chi connectivity index (χ2n) is 6.14. The Labute approximate surface area is 126 Å². The Hall–Kier alpha value is -1.09. The van der Waals surface area contributed by atoms with E-state index in [9.17, 15) is 4.79 Å². The standard InChI is InChI=1S/C16H23ClN2O/c1-10(2)14-7-13(8-15(17)19-14)16(20)18-9-12-6-4-5-11(12)3/h7-8,10-12H,4-6,9H2,1-3H3,(H,18,20). The molecule has 0 aliphatic heterocycles. The fraction of sp³-hybridized carbons (Fsp3) is 0.625. The van der Waals surface area contributed by atoms with Gasteiger partial charge in [-0.15, -0.1) is 0 Å². The molecule has 110 valence electrons. The summed E-state index contributed by atoms with van der Waals surface area (Å²) in [5.41, 5.74) is 1.47. The van der Waals surface area contributed by atoms with E-state index in [0.717, 1.165) is 12.2 Å². The summed E-state index contributed by atoms with van der Waals surface area (Å²) >= 11 is 6.00. The Morgan fingerprint density at radius 2 is 2.20 bits per heavy atom. The van der Waals surface area contributed by atoms with Gasteiger partial charge in [0.05, 0.1) is 0 Å².